The zero-order valence-electron chi connectivity index (χ0n) is 17.1. The number of aliphatic hydroxyl groups is 3. The third kappa shape index (κ3) is 2.21. The fraction of sp³-hybridized carbons (Fsp3) is 0.870. The van der Waals surface area contributed by atoms with E-state index < -0.39 is 17.3 Å². The first-order valence-electron chi connectivity index (χ1n) is 11.1. The van der Waals surface area contributed by atoms with E-state index >= 15 is 0 Å². The molecule has 28 heavy (non-hydrogen) atoms. The van der Waals surface area contributed by atoms with Crippen LogP contribution in [0.25, 0.3) is 0 Å². The molecular formula is C23H34O5. The molecule has 4 saturated carbocycles. The zero-order valence-corrected chi connectivity index (χ0v) is 17.1. The van der Waals surface area contributed by atoms with E-state index in [1.165, 1.54) is 0 Å². The van der Waals surface area contributed by atoms with Crippen LogP contribution in [0.5, 0.6) is 0 Å². The fourth-order valence-electron chi connectivity index (χ4n) is 8.38. The Hall–Kier alpha value is -0.910. The topological polar surface area (TPSA) is 87.0 Å². The number of esters is 1. The minimum absolute atomic E-state index is 0.176. The summed E-state index contributed by atoms with van der Waals surface area (Å²) >= 11 is 0. The van der Waals surface area contributed by atoms with Crippen molar-refractivity contribution in [2.45, 2.75) is 88.9 Å². The van der Waals surface area contributed by atoms with Crippen LogP contribution in [-0.2, 0) is 9.53 Å². The van der Waals surface area contributed by atoms with Crippen molar-refractivity contribution in [2.24, 2.45) is 28.6 Å². The average Bonchev–Trinajstić information content (AvgIpc) is 3.17. The second-order valence-electron chi connectivity index (χ2n) is 10.9. The smallest absolute Gasteiger partial charge is 0.331 e. The molecule has 0 bridgehead atoms. The molecule has 0 amide bonds. The molecule has 0 saturated heterocycles. The van der Waals surface area contributed by atoms with E-state index in [2.05, 4.69) is 13.8 Å². The standard InChI is InChI=1S/C23H34O5/c1-20-7-3-15(24)12-22(20,26)9-5-18-17(20)4-8-21(2)16(6-10-23(18,21)27)14-11-19(25)28-13-14/h11,15-18,24,26-27H,3-10,12-13H2,1-2H3/t15-,16-,17-,18-,20-,21-,22+,23+/m1/s1. The highest BCUT2D eigenvalue weighted by Gasteiger charge is 2.70. The molecule has 156 valence electrons. The van der Waals surface area contributed by atoms with Gasteiger partial charge in [0.25, 0.3) is 0 Å². The van der Waals surface area contributed by atoms with Crippen molar-refractivity contribution in [3.8, 4) is 0 Å². The molecule has 4 aliphatic carbocycles. The van der Waals surface area contributed by atoms with Gasteiger partial charge < -0.3 is 20.1 Å². The van der Waals surface area contributed by atoms with Crippen molar-refractivity contribution < 1.29 is 24.9 Å². The van der Waals surface area contributed by atoms with E-state index in [9.17, 15) is 20.1 Å². The van der Waals surface area contributed by atoms with Crippen LogP contribution < -0.4 is 0 Å². The Balaban J connectivity index is 1.49. The maximum Gasteiger partial charge on any atom is 0.331 e. The number of carbonyl (C=O) groups excluding carboxylic acids is 1. The molecule has 8 atom stereocenters. The molecule has 5 rings (SSSR count). The lowest BCUT2D eigenvalue weighted by molar-refractivity contribution is -0.254. The van der Waals surface area contributed by atoms with Crippen LogP contribution in [0.15, 0.2) is 11.6 Å². The number of hydrogen-bond donors (Lipinski definition) is 3. The fourth-order valence-corrected chi connectivity index (χ4v) is 8.38. The molecular weight excluding hydrogens is 356 g/mol. The third-order valence-electron chi connectivity index (χ3n) is 10.1. The van der Waals surface area contributed by atoms with Crippen LogP contribution in [0, 0.1) is 28.6 Å². The monoisotopic (exact) mass is 390 g/mol. The first-order chi connectivity index (χ1) is 13.1. The van der Waals surface area contributed by atoms with Crippen molar-refractivity contribution in [1.29, 1.82) is 0 Å². The zero-order chi connectivity index (χ0) is 19.9. The van der Waals surface area contributed by atoms with Crippen LogP contribution in [0.4, 0.5) is 0 Å². The van der Waals surface area contributed by atoms with Gasteiger partial charge in [-0.3, -0.25) is 0 Å². The van der Waals surface area contributed by atoms with Crippen molar-refractivity contribution in [1.82, 2.24) is 0 Å². The van der Waals surface area contributed by atoms with Gasteiger partial charge in [-0.15, -0.1) is 0 Å². The Kier molecular flexibility index (Phi) is 3.97. The van der Waals surface area contributed by atoms with Gasteiger partial charge in [-0.25, -0.2) is 4.79 Å². The molecule has 0 spiro atoms. The van der Waals surface area contributed by atoms with E-state index in [1.807, 2.05) is 0 Å². The number of cyclic esters (lactones) is 1. The maximum atomic E-state index is 12.1. The SMILES string of the molecule is C[C@]12CC[C@@H](O)C[C@@]1(O)CC[C@@H]1[C@H]2CC[C@]2(C)[C@@H](C3=CC(=O)OC3)CC[C@]12O. The van der Waals surface area contributed by atoms with E-state index in [0.717, 1.165) is 50.5 Å². The molecule has 5 heteroatoms. The van der Waals surface area contributed by atoms with Gasteiger partial charge in [-0.1, -0.05) is 13.8 Å². The predicted molar refractivity (Wildman–Crippen MR) is 103 cm³/mol. The van der Waals surface area contributed by atoms with Gasteiger partial charge in [0.2, 0.25) is 0 Å². The molecule has 0 aromatic heterocycles. The van der Waals surface area contributed by atoms with Gasteiger partial charge in [-0.2, -0.15) is 0 Å². The second kappa shape index (κ2) is 5.83. The van der Waals surface area contributed by atoms with E-state index in [1.54, 1.807) is 6.08 Å². The molecule has 0 aromatic rings. The molecule has 0 radical (unpaired) electrons. The van der Waals surface area contributed by atoms with Gasteiger partial charge in [0.15, 0.2) is 0 Å². The Morgan fingerprint density at radius 1 is 0.964 bits per heavy atom. The van der Waals surface area contributed by atoms with Crippen molar-refractivity contribution in [2.75, 3.05) is 6.61 Å². The van der Waals surface area contributed by atoms with Crippen LogP contribution in [-0.4, -0.2) is 45.2 Å². The van der Waals surface area contributed by atoms with E-state index in [0.29, 0.717) is 19.4 Å². The van der Waals surface area contributed by atoms with Crippen LogP contribution in [0.2, 0.25) is 0 Å². The number of aliphatic hydroxyl groups excluding tert-OH is 1. The number of rotatable bonds is 1. The number of ether oxygens (including phenoxy) is 1. The van der Waals surface area contributed by atoms with Crippen LogP contribution in [0.3, 0.4) is 0 Å². The van der Waals surface area contributed by atoms with E-state index in [-0.39, 0.29) is 34.6 Å². The minimum Gasteiger partial charge on any atom is -0.458 e. The van der Waals surface area contributed by atoms with Crippen LogP contribution >= 0.6 is 0 Å². The Morgan fingerprint density at radius 2 is 1.68 bits per heavy atom. The summed E-state index contributed by atoms with van der Waals surface area (Å²) in [5.41, 5.74) is -0.999. The summed E-state index contributed by atoms with van der Waals surface area (Å²) in [6.07, 6.45) is 8.33. The van der Waals surface area contributed by atoms with Crippen LogP contribution in [0.1, 0.15) is 71.6 Å². The van der Waals surface area contributed by atoms with Crippen molar-refractivity contribution in [3.05, 3.63) is 11.6 Å². The van der Waals surface area contributed by atoms with Gasteiger partial charge in [0.05, 0.1) is 17.3 Å². The quantitative estimate of drug-likeness (QED) is 0.599. The lowest BCUT2D eigenvalue weighted by Gasteiger charge is -2.66. The number of fused-ring (bicyclic) bond motifs is 5. The van der Waals surface area contributed by atoms with Crippen molar-refractivity contribution in [3.63, 3.8) is 0 Å². The Bertz CT molecular complexity index is 733. The highest BCUT2D eigenvalue weighted by molar-refractivity contribution is 5.85. The minimum atomic E-state index is -0.817. The predicted octanol–water partition coefficient (Wildman–Crippen LogP) is 2.72. The molecule has 5 aliphatic rings. The summed E-state index contributed by atoms with van der Waals surface area (Å²) in [5.74, 6) is 0.409. The average molecular weight is 391 g/mol. The summed E-state index contributed by atoms with van der Waals surface area (Å²) in [6, 6.07) is 0. The molecule has 1 aliphatic heterocycles. The maximum absolute atomic E-state index is 12.1. The largest absolute Gasteiger partial charge is 0.458 e. The summed E-state index contributed by atoms with van der Waals surface area (Å²) < 4.78 is 5.18. The summed E-state index contributed by atoms with van der Waals surface area (Å²) in [4.78, 5) is 11.6. The summed E-state index contributed by atoms with van der Waals surface area (Å²) in [7, 11) is 0. The molecule has 0 unspecified atom stereocenters. The highest BCUT2D eigenvalue weighted by atomic mass is 16.5. The normalized spacial score (nSPS) is 55.8. The lowest BCUT2D eigenvalue weighted by atomic mass is 9.42. The Morgan fingerprint density at radius 3 is 2.39 bits per heavy atom. The van der Waals surface area contributed by atoms with Gasteiger partial charge in [0, 0.05) is 17.9 Å². The molecule has 0 aromatic carbocycles. The third-order valence-corrected chi connectivity index (χ3v) is 10.1. The summed E-state index contributed by atoms with van der Waals surface area (Å²) in [6.45, 7) is 4.80. The summed E-state index contributed by atoms with van der Waals surface area (Å²) in [5, 5.41) is 33.8. The van der Waals surface area contributed by atoms with Crippen molar-refractivity contribution >= 4 is 5.97 Å². The first kappa shape index (κ1) is 19.1. The van der Waals surface area contributed by atoms with Gasteiger partial charge in [-0.05, 0) is 80.1 Å². The second-order valence-corrected chi connectivity index (χ2v) is 10.9. The number of carbonyl (C=O) groups is 1. The van der Waals surface area contributed by atoms with Gasteiger partial charge >= 0.3 is 5.97 Å². The molecule has 5 nitrogen and oxygen atoms in total. The molecule has 1 heterocycles. The number of hydrogen-bond acceptors (Lipinski definition) is 5. The van der Waals surface area contributed by atoms with Gasteiger partial charge in [0.1, 0.15) is 6.61 Å². The van der Waals surface area contributed by atoms with E-state index in [4.69, 9.17) is 4.74 Å². The Labute approximate surface area is 167 Å². The molecule has 4 fully saturated rings. The molecule has 3 N–H and O–H groups in total. The lowest BCUT2D eigenvalue weighted by Crippen LogP contribution is -2.67. The highest BCUT2D eigenvalue weighted by Crippen LogP contribution is 2.70. The first-order valence-corrected chi connectivity index (χ1v) is 11.1.